The van der Waals surface area contributed by atoms with Crippen LogP contribution in [0.25, 0.3) is 0 Å². The van der Waals surface area contributed by atoms with Gasteiger partial charge in [-0.3, -0.25) is 0 Å². The number of aromatic carboxylic acids is 1. The molecule has 0 aliphatic rings. The predicted octanol–water partition coefficient (Wildman–Crippen LogP) is 4.02. The third-order valence-corrected chi connectivity index (χ3v) is 3.30. The van der Waals surface area contributed by atoms with Gasteiger partial charge in [0.05, 0.1) is 15.6 Å². The first-order valence-electron chi connectivity index (χ1n) is 5.48. The van der Waals surface area contributed by atoms with E-state index >= 15 is 0 Å². The van der Waals surface area contributed by atoms with E-state index in [0.717, 1.165) is 0 Å². The van der Waals surface area contributed by atoms with Gasteiger partial charge in [0.25, 0.3) is 0 Å². The van der Waals surface area contributed by atoms with Crippen LogP contribution in [0.3, 0.4) is 0 Å². The van der Waals surface area contributed by atoms with Gasteiger partial charge in [0.15, 0.2) is 0 Å². The van der Waals surface area contributed by atoms with Crippen molar-refractivity contribution >= 4 is 39.5 Å². The molecule has 0 spiro atoms. The van der Waals surface area contributed by atoms with E-state index in [2.05, 4.69) is 15.9 Å². The number of carbonyl (C=O) groups is 2. The number of halogens is 2. The SMILES string of the molecule is O=C(O)c1ccc(OC(=O)c2cccc(Cl)c2)c(Br)c1. The maximum absolute atomic E-state index is 11.9. The van der Waals surface area contributed by atoms with Crippen LogP contribution in [0.4, 0.5) is 0 Å². The van der Waals surface area contributed by atoms with Crippen LogP contribution < -0.4 is 4.74 Å². The fraction of sp³-hybridized carbons (Fsp3) is 0. The Kier molecular flexibility index (Phi) is 4.42. The van der Waals surface area contributed by atoms with E-state index in [9.17, 15) is 9.59 Å². The largest absolute Gasteiger partial charge is 0.478 e. The van der Waals surface area contributed by atoms with Gasteiger partial charge < -0.3 is 9.84 Å². The van der Waals surface area contributed by atoms with Gasteiger partial charge in [-0.05, 0) is 52.3 Å². The molecule has 2 aromatic carbocycles. The lowest BCUT2D eigenvalue weighted by Crippen LogP contribution is -2.09. The van der Waals surface area contributed by atoms with Crippen LogP contribution in [0.2, 0.25) is 5.02 Å². The molecular formula is C14H8BrClO4. The highest BCUT2D eigenvalue weighted by atomic mass is 79.9. The fourth-order valence-electron chi connectivity index (χ4n) is 1.49. The van der Waals surface area contributed by atoms with E-state index in [4.69, 9.17) is 21.4 Å². The van der Waals surface area contributed by atoms with Crippen molar-refractivity contribution in [1.82, 2.24) is 0 Å². The van der Waals surface area contributed by atoms with Crippen molar-refractivity contribution in [1.29, 1.82) is 0 Å². The van der Waals surface area contributed by atoms with Crippen LogP contribution in [-0.2, 0) is 0 Å². The zero-order valence-electron chi connectivity index (χ0n) is 9.97. The second kappa shape index (κ2) is 6.07. The lowest BCUT2D eigenvalue weighted by atomic mass is 10.2. The molecule has 0 amide bonds. The average molecular weight is 356 g/mol. The Morgan fingerprint density at radius 2 is 1.85 bits per heavy atom. The second-order valence-corrected chi connectivity index (χ2v) is 5.14. The van der Waals surface area contributed by atoms with Crippen LogP contribution in [0.1, 0.15) is 20.7 Å². The van der Waals surface area contributed by atoms with Crippen LogP contribution in [0.5, 0.6) is 5.75 Å². The zero-order valence-corrected chi connectivity index (χ0v) is 12.3. The standard InChI is InChI=1S/C14H8BrClO4/c15-11-7-8(13(17)18)4-5-12(11)20-14(19)9-2-1-3-10(16)6-9/h1-7H,(H,17,18). The molecule has 0 heterocycles. The summed E-state index contributed by atoms with van der Waals surface area (Å²) in [6.07, 6.45) is 0. The maximum Gasteiger partial charge on any atom is 0.343 e. The number of carbonyl (C=O) groups excluding carboxylic acids is 1. The molecule has 1 N–H and O–H groups in total. The molecule has 0 aromatic heterocycles. The molecule has 20 heavy (non-hydrogen) atoms. The molecule has 102 valence electrons. The molecule has 0 atom stereocenters. The molecule has 2 rings (SSSR count). The van der Waals surface area contributed by atoms with Crippen molar-refractivity contribution in [2.24, 2.45) is 0 Å². The molecule has 0 bridgehead atoms. The van der Waals surface area contributed by atoms with E-state index in [0.29, 0.717) is 15.1 Å². The summed E-state index contributed by atoms with van der Waals surface area (Å²) in [6, 6.07) is 10.5. The second-order valence-electron chi connectivity index (χ2n) is 3.85. The van der Waals surface area contributed by atoms with Crippen molar-refractivity contribution in [2.45, 2.75) is 0 Å². The van der Waals surface area contributed by atoms with Gasteiger partial charge in [-0.25, -0.2) is 9.59 Å². The zero-order chi connectivity index (χ0) is 14.7. The summed E-state index contributed by atoms with van der Waals surface area (Å²) >= 11 is 8.96. The van der Waals surface area contributed by atoms with Gasteiger partial charge in [0.1, 0.15) is 5.75 Å². The summed E-state index contributed by atoms with van der Waals surface area (Å²) in [6.45, 7) is 0. The summed E-state index contributed by atoms with van der Waals surface area (Å²) in [4.78, 5) is 22.7. The highest BCUT2D eigenvalue weighted by Crippen LogP contribution is 2.27. The van der Waals surface area contributed by atoms with Crippen LogP contribution in [-0.4, -0.2) is 17.0 Å². The lowest BCUT2D eigenvalue weighted by molar-refractivity contribution is 0.0696. The Morgan fingerprint density at radius 1 is 1.10 bits per heavy atom. The van der Waals surface area contributed by atoms with Gasteiger partial charge in [0, 0.05) is 5.02 Å². The third kappa shape index (κ3) is 3.37. The topological polar surface area (TPSA) is 63.6 Å². The Hall–Kier alpha value is -1.85. The number of rotatable bonds is 3. The van der Waals surface area contributed by atoms with Gasteiger partial charge in [-0.15, -0.1) is 0 Å². The number of carboxylic acid groups (broad SMARTS) is 1. The van der Waals surface area contributed by atoms with Crippen LogP contribution in [0.15, 0.2) is 46.9 Å². The van der Waals surface area contributed by atoms with Crippen LogP contribution in [0, 0.1) is 0 Å². The number of ether oxygens (including phenoxy) is 1. The van der Waals surface area contributed by atoms with Crippen molar-refractivity contribution in [3.8, 4) is 5.75 Å². The van der Waals surface area contributed by atoms with Gasteiger partial charge in [0.2, 0.25) is 0 Å². The number of hydrogen-bond acceptors (Lipinski definition) is 3. The van der Waals surface area contributed by atoms with Crippen molar-refractivity contribution < 1.29 is 19.4 Å². The van der Waals surface area contributed by atoms with E-state index in [1.807, 2.05) is 0 Å². The molecule has 0 aliphatic carbocycles. The molecule has 0 saturated heterocycles. The van der Waals surface area contributed by atoms with E-state index < -0.39 is 11.9 Å². The molecule has 0 saturated carbocycles. The molecule has 0 unspecified atom stereocenters. The maximum atomic E-state index is 11.9. The predicted molar refractivity (Wildman–Crippen MR) is 77.5 cm³/mol. The van der Waals surface area contributed by atoms with E-state index in [1.54, 1.807) is 18.2 Å². The Bertz CT molecular complexity index is 685. The average Bonchev–Trinajstić information content (AvgIpc) is 2.40. The Morgan fingerprint density at radius 3 is 2.45 bits per heavy atom. The van der Waals surface area contributed by atoms with Crippen molar-refractivity contribution in [2.75, 3.05) is 0 Å². The minimum atomic E-state index is -1.06. The molecule has 0 aliphatic heterocycles. The van der Waals surface area contributed by atoms with E-state index in [1.165, 1.54) is 24.3 Å². The van der Waals surface area contributed by atoms with Gasteiger partial charge in [-0.2, -0.15) is 0 Å². The summed E-state index contributed by atoms with van der Waals surface area (Å²) in [5.41, 5.74) is 0.408. The van der Waals surface area contributed by atoms with Gasteiger partial charge >= 0.3 is 11.9 Å². The Balaban J connectivity index is 2.22. The quantitative estimate of drug-likeness (QED) is 0.667. The first-order chi connectivity index (χ1) is 9.47. The number of carboxylic acids is 1. The Labute approximate surface area is 128 Å². The highest BCUT2D eigenvalue weighted by Gasteiger charge is 2.13. The fourth-order valence-corrected chi connectivity index (χ4v) is 2.14. The first-order valence-corrected chi connectivity index (χ1v) is 6.65. The number of esters is 1. The van der Waals surface area contributed by atoms with Crippen molar-refractivity contribution in [3.05, 3.63) is 63.1 Å². The minimum absolute atomic E-state index is 0.0967. The van der Waals surface area contributed by atoms with Crippen LogP contribution >= 0.6 is 27.5 Å². The smallest absolute Gasteiger partial charge is 0.343 e. The monoisotopic (exact) mass is 354 g/mol. The normalized spacial score (nSPS) is 10.1. The molecule has 0 radical (unpaired) electrons. The summed E-state index contributed by atoms with van der Waals surface area (Å²) in [5.74, 6) is -1.39. The van der Waals surface area contributed by atoms with Crippen molar-refractivity contribution in [3.63, 3.8) is 0 Å². The minimum Gasteiger partial charge on any atom is -0.478 e. The summed E-state index contributed by atoms with van der Waals surface area (Å²) in [5, 5.41) is 9.28. The van der Waals surface area contributed by atoms with Gasteiger partial charge in [-0.1, -0.05) is 17.7 Å². The summed E-state index contributed by atoms with van der Waals surface area (Å²) in [7, 11) is 0. The van der Waals surface area contributed by atoms with E-state index in [-0.39, 0.29) is 11.3 Å². The molecule has 6 heteroatoms. The molecular weight excluding hydrogens is 348 g/mol. The molecule has 0 fully saturated rings. The number of hydrogen-bond donors (Lipinski definition) is 1. The lowest BCUT2D eigenvalue weighted by Gasteiger charge is -2.07. The number of benzene rings is 2. The third-order valence-electron chi connectivity index (χ3n) is 2.44. The highest BCUT2D eigenvalue weighted by molar-refractivity contribution is 9.10. The molecule has 4 nitrogen and oxygen atoms in total. The summed E-state index contributed by atoms with van der Waals surface area (Å²) < 4.78 is 5.57. The first kappa shape index (κ1) is 14.6. The molecule has 2 aromatic rings.